The number of rotatable bonds is 5. The average molecular weight is 465 g/mol. The number of hydrogen-bond donors (Lipinski definition) is 1. The van der Waals surface area contributed by atoms with Gasteiger partial charge in [0.1, 0.15) is 5.67 Å². The van der Waals surface area contributed by atoms with Gasteiger partial charge in [0.05, 0.1) is 0 Å². The van der Waals surface area contributed by atoms with Crippen LogP contribution >= 0.6 is 31.9 Å². The van der Waals surface area contributed by atoms with Gasteiger partial charge >= 0.3 is 0 Å². The predicted molar refractivity (Wildman–Crippen MR) is 106 cm³/mol. The zero-order valence-electron chi connectivity index (χ0n) is 13.3. The van der Waals surface area contributed by atoms with Crippen LogP contribution in [0, 0.1) is 0 Å². The highest BCUT2D eigenvalue weighted by Gasteiger charge is 2.54. The van der Waals surface area contributed by atoms with Crippen LogP contribution < -0.4 is 5.32 Å². The minimum absolute atomic E-state index is 0.139. The first-order valence-corrected chi connectivity index (χ1v) is 9.42. The second-order valence-corrected chi connectivity index (χ2v) is 7.64. The topological polar surface area (TPSA) is 29.1 Å². The first kappa shape index (κ1) is 18.1. The number of amides is 1. The fourth-order valence-corrected chi connectivity index (χ4v) is 3.27. The quantitative estimate of drug-likeness (QED) is 0.416. The molecule has 1 saturated carbocycles. The molecular formula is C20H16Br2FNO. The van der Waals surface area contributed by atoms with Crippen molar-refractivity contribution in [2.45, 2.75) is 18.0 Å². The molecule has 1 aliphatic rings. The molecular weight excluding hydrogens is 449 g/mol. The highest BCUT2D eigenvalue weighted by molar-refractivity contribution is 9.13. The van der Waals surface area contributed by atoms with Gasteiger partial charge in [-0.3, -0.25) is 4.79 Å². The van der Waals surface area contributed by atoms with Crippen molar-refractivity contribution in [1.29, 1.82) is 0 Å². The monoisotopic (exact) mass is 463 g/mol. The molecule has 0 aromatic heterocycles. The van der Waals surface area contributed by atoms with Crippen LogP contribution in [0.1, 0.15) is 17.9 Å². The summed E-state index contributed by atoms with van der Waals surface area (Å²) in [4.78, 5) is 11.8. The van der Waals surface area contributed by atoms with E-state index in [0.29, 0.717) is 6.42 Å². The summed E-state index contributed by atoms with van der Waals surface area (Å²) in [5.74, 6) is -0.382. The van der Waals surface area contributed by atoms with Gasteiger partial charge in [0.25, 0.3) is 0 Å². The van der Waals surface area contributed by atoms with Gasteiger partial charge in [-0.25, -0.2) is 4.39 Å². The number of alkyl halides is 1. The molecule has 0 heterocycles. The van der Waals surface area contributed by atoms with Crippen LogP contribution in [0.25, 0.3) is 0 Å². The fraction of sp³-hybridized carbons (Fsp3) is 0.150. The third-order valence-electron chi connectivity index (χ3n) is 4.06. The van der Waals surface area contributed by atoms with E-state index < -0.39 is 5.67 Å². The van der Waals surface area contributed by atoms with E-state index in [1.54, 1.807) is 12.2 Å². The number of benzene rings is 2. The summed E-state index contributed by atoms with van der Waals surface area (Å²) >= 11 is 6.86. The Morgan fingerprint density at radius 3 is 2.60 bits per heavy atom. The third-order valence-corrected chi connectivity index (χ3v) is 5.94. The molecule has 0 aliphatic heterocycles. The van der Waals surface area contributed by atoms with Crippen molar-refractivity contribution in [2.24, 2.45) is 0 Å². The molecule has 0 spiro atoms. The zero-order chi connectivity index (χ0) is 17.9. The minimum Gasteiger partial charge on any atom is -0.323 e. The van der Waals surface area contributed by atoms with Crippen molar-refractivity contribution in [2.75, 3.05) is 5.32 Å². The van der Waals surface area contributed by atoms with Crippen LogP contribution in [-0.2, 0) is 4.79 Å². The Morgan fingerprint density at radius 2 is 1.88 bits per heavy atom. The first-order valence-electron chi connectivity index (χ1n) is 7.84. The maximum atomic E-state index is 14.7. The average Bonchev–Trinajstić information content (AvgIpc) is 3.27. The van der Waals surface area contributed by atoms with E-state index in [-0.39, 0.29) is 11.8 Å². The Labute approximate surface area is 163 Å². The number of anilines is 1. The molecule has 2 aromatic carbocycles. The van der Waals surface area contributed by atoms with Crippen LogP contribution in [0.3, 0.4) is 0 Å². The Balaban J connectivity index is 1.55. The Kier molecular flexibility index (Phi) is 5.54. The van der Waals surface area contributed by atoms with E-state index in [2.05, 4.69) is 37.2 Å². The molecule has 0 saturated heterocycles. The molecule has 2 atom stereocenters. The second kappa shape index (κ2) is 7.67. The molecule has 2 aromatic rings. The van der Waals surface area contributed by atoms with E-state index in [0.717, 1.165) is 20.2 Å². The third kappa shape index (κ3) is 4.67. The van der Waals surface area contributed by atoms with Gasteiger partial charge in [-0.05, 0) is 74.2 Å². The number of carbonyl (C=O) groups is 1. The lowest BCUT2D eigenvalue weighted by Gasteiger charge is -2.04. The largest absolute Gasteiger partial charge is 0.323 e. The van der Waals surface area contributed by atoms with Gasteiger partial charge in [-0.2, -0.15) is 0 Å². The van der Waals surface area contributed by atoms with Crippen molar-refractivity contribution in [3.8, 4) is 0 Å². The summed E-state index contributed by atoms with van der Waals surface area (Å²) in [5, 5.41) is 2.74. The Morgan fingerprint density at radius 1 is 1.12 bits per heavy atom. The lowest BCUT2D eigenvalue weighted by Crippen LogP contribution is -2.07. The molecule has 1 N–H and O–H groups in total. The number of carbonyl (C=O) groups excluding carboxylic acids is 1. The highest BCUT2D eigenvalue weighted by Crippen LogP contribution is 2.56. The fourth-order valence-electron chi connectivity index (χ4n) is 2.63. The summed E-state index contributed by atoms with van der Waals surface area (Å²) in [7, 11) is 0. The lowest BCUT2D eigenvalue weighted by atomic mass is 10.1. The molecule has 1 aliphatic carbocycles. The number of hydrogen-bond acceptors (Lipinski definition) is 1. The van der Waals surface area contributed by atoms with E-state index in [4.69, 9.17) is 0 Å². The molecule has 3 rings (SSSR count). The maximum Gasteiger partial charge on any atom is 0.248 e. The maximum absolute atomic E-state index is 14.7. The van der Waals surface area contributed by atoms with Gasteiger partial charge in [0.2, 0.25) is 5.91 Å². The molecule has 25 heavy (non-hydrogen) atoms. The number of nitrogens with one attached hydrogen (secondary N) is 1. The summed E-state index contributed by atoms with van der Waals surface area (Å²) in [6.45, 7) is 0. The smallest absolute Gasteiger partial charge is 0.248 e. The molecule has 1 unspecified atom stereocenters. The van der Waals surface area contributed by atoms with Gasteiger partial charge in [-0.15, -0.1) is 0 Å². The molecule has 0 bridgehead atoms. The number of allylic oxidation sites excluding steroid dienone is 3. The molecule has 0 radical (unpaired) electrons. The minimum atomic E-state index is -1.34. The first-order chi connectivity index (χ1) is 12.0. The van der Waals surface area contributed by atoms with Crippen molar-refractivity contribution in [1.82, 2.24) is 0 Å². The van der Waals surface area contributed by atoms with Crippen molar-refractivity contribution in [3.63, 3.8) is 0 Å². The van der Waals surface area contributed by atoms with E-state index in [1.165, 1.54) is 12.2 Å². The predicted octanol–water partition coefficient (Wildman–Crippen LogP) is 6.16. The van der Waals surface area contributed by atoms with Crippen LogP contribution in [0.15, 0.2) is 81.8 Å². The highest BCUT2D eigenvalue weighted by atomic mass is 79.9. The molecule has 1 amide bonds. The van der Waals surface area contributed by atoms with Crippen molar-refractivity contribution < 1.29 is 9.18 Å². The van der Waals surface area contributed by atoms with E-state index >= 15 is 0 Å². The number of para-hydroxylation sites is 1. The van der Waals surface area contributed by atoms with Gasteiger partial charge < -0.3 is 5.32 Å². The van der Waals surface area contributed by atoms with Crippen LogP contribution in [0.5, 0.6) is 0 Å². The molecule has 2 nitrogen and oxygen atoms in total. The van der Waals surface area contributed by atoms with Gasteiger partial charge in [0.15, 0.2) is 0 Å². The van der Waals surface area contributed by atoms with Gasteiger partial charge in [-0.1, -0.05) is 36.4 Å². The Hall–Kier alpha value is -1.72. The summed E-state index contributed by atoms with van der Waals surface area (Å²) in [5.41, 5.74) is 0.354. The summed E-state index contributed by atoms with van der Waals surface area (Å²) < 4.78 is 16.6. The van der Waals surface area contributed by atoms with Crippen molar-refractivity contribution in [3.05, 3.63) is 87.3 Å². The standard InChI is InChI=1S/C20H16Br2FNO/c21-17-10-9-14(12-18(17)22)16-13-20(16,23)11-5-4-8-19(25)24-15-6-2-1-3-7-15/h1-12,16H,13H2,(H,24,25)/b8-4+,11-5+/t16?,20-/m0/s1. The summed E-state index contributed by atoms with van der Waals surface area (Å²) in [6, 6.07) is 15.0. The molecule has 128 valence electrons. The molecule has 5 heteroatoms. The number of halogens is 3. The van der Waals surface area contributed by atoms with E-state index in [9.17, 15) is 9.18 Å². The van der Waals surface area contributed by atoms with Crippen LogP contribution in [0.4, 0.5) is 10.1 Å². The van der Waals surface area contributed by atoms with Crippen molar-refractivity contribution >= 4 is 43.5 Å². The van der Waals surface area contributed by atoms with Crippen LogP contribution in [-0.4, -0.2) is 11.6 Å². The summed E-state index contributed by atoms with van der Waals surface area (Å²) in [6.07, 6.45) is 6.53. The lowest BCUT2D eigenvalue weighted by molar-refractivity contribution is -0.111. The van der Waals surface area contributed by atoms with Crippen LogP contribution in [0.2, 0.25) is 0 Å². The molecule has 1 fully saturated rings. The Bertz CT molecular complexity index is 835. The van der Waals surface area contributed by atoms with E-state index in [1.807, 2.05) is 48.5 Å². The normalized spacial score (nSPS) is 22.4. The van der Waals surface area contributed by atoms with Gasteiger partial charge in [0, 0.05) is 26.6 Å². The SMILES string of the molecule is O=C(/C=C/C=C/[C@]1(F)CC1c1ccc(Br)c(Br)c1)Nc1ccccc1. The zero-order valence-corrected chi connectivity index (χ0v) is 16.4. The second-order valence-electron chi connectivity index (χ2n) is 5.93.